The summed E-state index contributed by atoms with van der Waals surface area (Å²) in [6.07, 6.45) is -2.14. The maximum atomic E-state index is 12.0. The van der Waals surface area contributed by atoms with Crippen molar-refractivity contribution in [3.8, 4) is 0 Å². The molecule has 1 unspecified atom stereocenters. The third-order valence-corrected chi connectivity index (χ3v) is 2.51. The Morgan fingerprint density at radius 1 is 1.50 bits per heavy atom. The van der Waals surface area contributed by atoms with Crippen LogP contribution >= 0.6 is 0 Å². The Kier molecular flexibility index (Phi) is 3.39. The van der Waals surface area contributed by atoms with Crippen LogP contribution in [0.5, 0.6) is 0 Å². The minimum Gasteiger partial charge on any atom is -0.335 e. The highest BCUT2D eigenvalue weighted by Crippen LogP contribution is 2.26. The number of nitrogens with zero attached hydrogens (tertiary/aromatic N) is 1. The van der Waals surface area contributed by atoms with E-state index >= 15 is 0 Å². The standard InChI is InChI=1S/C9H14F3NO/c1-2-3-7-4-5-13(6-7)8(14)9(10,11)12/h7H,2-6H2,1H3. The Bertz CT molecular complexity index is 215. The molecular formula is C9H14F3NO. The first kappa shape index (κ1) is 11.3. The summed E-state index contributed by atoms with van der Waals surface area (Å²) in [5.41, 5.74) is 0. The number of amides is 1. The van der Waals surface area contributed by atoms with Gasteiger partial charge < -0.3 is 4.90 Å². The Balaban J connectivity index is 2.46. The number of rotatable bonds is 2. The van der Waals surface area contributed by atoms with E-state index in [1.54, 1.807) is 0 Å². The lowest BCUT2D eigenvalue weighted by molar-refractivity contribution is -0.184. The van der Waals surface area contributed by atoms with Crippen LogP contribution in [0.2, 0.25) is 0 Å². The lowest BCUT2D eigenvalue weighted by atomic mass is 10.0. The molecule has 5 heteroatoms. The molecule has 82 valence electrons. The van der Waals surface area contributed by atoms with Crippen molar-refractivity contribution >= 4 is 5.91 Å². The number of carbonyl (C=O) groups excluding carboxylic acids is 1. The zero-order valence-electron chi connectivity index (χ0n) is 8.10. The molecule has 2 nitrogen and oxygen atoms in total. The van der Waals surface area contributed by atoms with Gasteiger partial charge in [-0.2, -0.15) is 13.2 Å². The number of carbonyl (C=O) groups is 1. The molecule has 1 aliphatic rings. The molecule has 0 aromatic rings. The van der Waals surface area contributed by atoms with E-state index in [-0.39, 0.29) is 19.0 Å². The van der Waals surface area contributed by atoms with Gasteiger partial charge in [0.2, 0.25) is 0 Å². The van der Waals surface area contributed by atoms with Crippen LogP contribution in [0.3, 0.4) is 0 Å². The zero-order chi connectivity index (χ0) is 10.8. The summed E-state index contributed by atoms with van der Waals surface area (Å²) in [6.45, 7) is 2.52. The molecule has 1 rings (SSSR count). The second kappa shape index (κ2) is 4.19. The molecule has 0 radical (unpaired) electrons. The van der Waals surface area contributed by atoms with Crippen LogP contribution in [0, 0.1) is 5.92 Å². The van der Waals surface area contributed by atoms with E-state index in [0.717, 1.165) is 17.7 Å². The molecule has 1 atom stereocenters. The second-order valence-electron chi connectivity index (χ2n) is 3.69. The summed E-state index contributed by atoms with van der Waals surface area (Å²) in [7, 11) is 0. The summed E-state index contributed by atoms with van der Waals surface area (Å²) < 4.78 is 36.1. The van der Waals surface area contributed by atoms with Gasteiger partial charge in [-0.25, -0.2) is 0 Å². The minimum atomic E-state index is -4.71. The molecule has 0 saturated carbocycles. The molecule has 14 heavy (non-hydrogen) atoms. The maximum absolute atomic E-state index is 12.0. The summed E-state index contributed by atoms with van der Waals surface area (Å²) in [5.74, 6) is -1.43. The highest BCUT2D eigenvalue weighted by atomic mass is 19.4. The van der Waals surface area contributed by atoms with Gasteiger partial charge >= 0.3 is 12.1 Å². The van der Waals surface area contributed by atoms with Gasteiger partial charge in [-0.05, 0) is 18.8 Å². The average molecular weight is 209 g/mol. The van der Waals surface area contributed by atoms with Crippen molar-refractivity contribution in [3.63, 3.8) is 0 Å². The van der Waals surface area contributed by atoms with Crippen LogP contribution in [0.4, 0.5) is 13.2 Å². The minimum absolute atomic E-state index is 0.253. The first-order valence-electron chi connectivity index (χ1n) is 4.81. The molecule has 0 aromatic carbocycles. The molecule has 1 aliphatic heterocycles. The molecule has 1 saturated heterocycles. The predicted molar refractivity (Wildman–Crippen MR) is 45.7 cm³/mol. The fraction of sp³-hybridized carbons (Fsp3) is 0.889. The highest BCUT2D eigenvalue weighted by Gasteiger charge is 2.44. The number of hydrogen-bond donors (Lipinski definition) is 0. The van der Waals surface area contributed by atoms with Crippen LogP contribution < -0.4 is 0 Å². The van der Waals surface area contributed by atoms with Gasteiger partial charge in [-0.3, -0.25) is 4.79 Å². The third-order valence-electron chi connectivity index (χ3n) is 2.51. The van der Waals surface area contributed by atoms with Gasteiger partial charge in [-0.1, -0.05) is 13.3 Å². The van der Waals surface area contributed by atoms with Crippen LogP contribution in [0.15, 0.2) is 0 Å². The van der Waals surface area contributed by atoms with Crippen molar-refractivity contribution in [3.05, 3.63) is 0 Å². The van der Waals surface area contributed by atoms with Gasteiger partial charge in [0.1, 0.15) is 0 Å². The van der Waals surface area contributed by atoms with Crippen molar-refractivity contribution in [2.24, 2.45) is 5.92 Å². The fourth-order valence-electron chi connectivity index (χ4n) is 1.84. The van der Waals surface area contributed by atoms with Crippen molar-refractivity contribution in [1.29, 1.82) is 0 Å². The van der Waals surface area contributed by atoms with Crippen LogP contribution in [-0.2, 0) is 4.79 Å². The lowest BCUT2D eigenvalue weighted by Crippen LogP contribution is -2.39. The first-order chi connectivity index (χ1) is 6.45. The topological polar surface area (TPSA) is 20.3 Å². The van der Waals surface area contributed by atoms with Crippen LogP contribution in [0.25, 0.3) is 0 Å². The van der Waals surface area contributed by atoms with Crippen LogP contribution in [0.1, 0.15) is 26.2 Å². The normalized spacial score (nSPS) is 22.9. The number of halogens is 3. The van der Waals surface area contributed by atoms with Crippen molar-refractivity contribution in [1.82, 2.24) is 4.90 Å². The molecule has 0 aromatic heterocycles. The van der Waals surface area contributed by atoms with Gasteiger partial charge in [0, 0.05) is 13.1 Å². The Labute approximate surface area is 81.1 Å². The van der Waals surface area contributed by atoms with E-state index in [0.29, 0.717) is 6.42 Å². The number of alkyl halides is 3. The molecule has 1 heterocycles. The largest absolute Gasteiger partial charge is 0.471 e. The summed E-state index contributed by atoms with van der Waals surface area (Å²) in [4.78, 5) is 11.7. The van der Waals surface area contributed by atoms with E-state index in [9.17, 15) is 18.0 Å². The van der Waals surface area contributed by atoms with Crippen molar-refractivity contribution in [2.75, 3.05) is 13.1 Å². The molecular weight excluding hydrogens is 195 g/mol. The van der Waals surface area contributed by atoms with E-state index in [1.165, 1.54) is 0 Å². The zero-order valence-corrected chi connectivity index (χ0v) is 8.10. The molecule has 1 amide bonds. The van der Waals surface area contributed by atoms with Crippen molar-refractivity contribution in [2.45, 2.75) is 32.4 Å². The Morgan fingerprint density at radius 3 is 2.64 bits per heavy atom. The Hall–Kier alpha value is -0.740. The lowest BCUT2D eigenvalue weighted by Gasteiger charge is -2.17. The SMILES string of the molecule is CCCC1CCN(C(=O)C(F)(F)F)C1. The van der Waals surface area contributed by atoms with Gasteiger partial charge in [-0.15, -0.1) is 0 Å². The average Bonchev–Trinajstić information content (AvgIpc) is 2.50. The summed E-state index contributed by atoms with van der Waals surface area (Å²) >= 11 is 0. The van der Waals surface area contributed by atoms with E-state index < -0.39 is 12.1 Å². The monoisotopic (exact) mass is 209 g/mol. The highest BCUT2D eigenvalue weighted by molar-refractivity contribution is 5.82. The van der Waals surface area contributed by atoms with E-state index in [1.807, 2.05) is 6.92 Å². The van der Waals surface area contributed by atoms with Gasteiger partial charge in [0.25, 0.3) is 0 Å². The van der Waals surface area contributed by atoms with E-state index in [4.69, 9.17) is 0 Å². The number of hydrogen-bond acceptors (Lipinski definition) is 1. The molecule has 0 spiro atoms. The third kappa shape index (κ3) is 2.62. The molecule has 0 N–H and O–H groups in total. The van der Waals surface area contributed by atoms with Crippen molar-refractivity contribution < 1.29 is 18.0 Å². The first-order valence-corrected chi connectivity index (χ1v) is 4.81. The predicted octanol–water partition coefficient (Wildman–Crippen LogP) is 2.20. The number of likely N-dealkylation sites (tertiary alicyclic amines) is 1. The quantitative estimate of drug-likeness (QED) is 0.682. The van der Waals surface area contributed by atoms with Gasteiger partial charge in [0.15, 0.2) is 0 Å². The maximum Gasteiger partial charge on any atom is 0.471 e. The van der Waals surface area contributed by atoms with Crippen LogP contribution in [-0.4, -0.2) is 30.1 Å². The fourth-order valence-corrected chi connectivity index (χ4v) is 1.84. The summed E-state index contributed by atoms with van der Waals surface area (Å²) in [5, 5.41) is 0. The molecule has 1 fully saturated rings. The van der Waals surface area contributed by atoms with E-state index in [2.05, 4.69) is 0 Å². The summed E-state index contributed by atoms with van der Waals surface area (Å²) in [6, 6.07) is 0. The molecule has 0 aliphatic carbocycles. The smallest absolute Gasteiger partial charge is 0.335 e. The second-order valence-corrected chi connectivity index (χ2v) is 3.69. The molecule has 0 bridgehead atoms. The Morgan fingerprint density at radius 2 is 2.14 bits per heavy atom. The van der Waals surface area contributed by atoms with Gasteiger partial charge in [0.05, 0.1) is 0 Å².